The number of halogens is 1. The number of anilines is 1. The van der Waals surface area contributed by atoms with Gasteiger partial charge >= 0.3 is 11.7 Å². The van der Waals surface area contributed by atoms with Crippen LogP contribution in [-0.2, 0) is 11.3 Å². The first-order valence-electron chi connectivity index (χ1n) is 11.2. The maximum absolute atomic E-state index is 13.8. The number of carbonyl (C=O) groups excluding carboxylic acids is 3. The maximum atomic E-state index is 13.8. The van der Waals surface area contributed by atoms with Crippen molar-refractivity contribution in [3.05, 3.63) is 97.4 Å². The van der Waals surface area contributed by atoms with Crippen LogP contribution in [0, 0.1) is 10.1 Å². The topological polar surface area (TPSA) is 148 Å². The fourth-order valence-corrected chi connectivity index (χ4v) is 4.43. The molecule has 2 aromatic carbocycles. The summed E-state index contributed by atoms with van der Waals surface area (Å²) in [5.74, 6) is -1.55. The van der Waals surface area contributed by atoms with Gasteiger partial charge in [0.15, 0.2) is 5.78 Å². The van der Waals surface area contributed by atoms with Gasteiger partial charge in [-0.3, -0.25) is 24.7 Å². The van der Waals surface area contributed by atoms with Gasteiger partial charge in [-0.1, -0.05) is 40.2 Å². The Labute approximate surface area is 225 Å². The molecule has 4 aromatic rings. The highest BCUT2D eigenvalue weighted by atomic mass is 79.9. The van der Waals surface area contributed by atoms with Crippen LogP contribution in [0.25, 0.3) is 10.9 Å². The van der Waals surface area contributed by atoms with Gasteiger partial charge in [0, 0.05) is 47.8 Å². The molecule has 11 nitrogen and oxygen atoms in total. The predicted molar refractivity (Wildman–Crippen MR) is 143 cm³/mol. The van der Waals surface area contributed by atoms with Crippen molar-refractivity contribution in [1.82, 2.24) is 14.9 Å². The van der Waals surface area contributed by atoms with Crippen LogP contribution in [0.15, 0.2) is 59.3 Å². The Bertz CT molecular complexity index is 1580. The lowest BCUT2D eigenvalue weighted by Crippen LogP contribution is -2.24. The average Bonchev–Trinajstić information content (AvgIpc) is 3.29. The smallest absolute Gasteiger partial charge is 0.338 e. The lowest BCUT2D eigenvalue weighted by molar-refractivity contribution is -0.384. The van der Waals surface area contributed by atoms with Crippen molar-refractivity contribution in [2.75, 3.05) is 26.5 Å². The molecule has 0 aliphatic rings. The summed E-state index contributed by atoms with van der Waals surface area (Å²) in [6, 6.07) is 11.3. The summed E-state index contributed by atoms with van der Waals surface area (Å²) >= 11 is 3.36. The Hall–Kier alpha value is -4.58. The highest BCUT2D eigenvalue weighted by molar-refractivity contribution is 9.10. The number of ether oxygens (including phenoxy) is 1. The lowest BCUT2D eigenvalue weighted by Gasteiger charge is -2.12. The van der Waals surface area contributed by atoms with Gasteiger partial charge in [0.25, 0.3) is 5.91 Å². The summed E-state index contributed by atoms with van der Waals surface area (Å²) in [6.45, 7) is 0.261. The maximum Gasteiger partial charge on any atom is 0.338 e. The van der Waals surface area contributed by atoms with E-state index in [1.54, 1.807) is 44.4 Å². The van der Waals surface area contributed by atoms with E-state index in [2.05, 4.69) is 31.2 Å². The zero-order chi connectivity index (χ0) is 27.6. The van der Waals surface area contributed by atoms with Crippen LogP contribution in [0.3, 0.4) is 0 Å². The first-order valence-corrected chi connectivity index (χ1v) is 12.0. The second-order valence-corrected chi connectivity index (χ2v) is 9.39. The van der Waals surface area contributed by atoms with Crippen molar-refractivity contribution >= 4 is 55.9 Å². The minimum Gasteiger partial charge on any atom is -0.465 e. The molecule has 0 radical (unpaired) electrons. The second kappa shape index (κ2) is 10.8. The fraction of sp³-hybridized carbons (Fsp3) is 0.154. The van der Waals surface area contributed by atoms with Crippen LogP contribution < -0.4 is 5.32 Å². The highest BCUT2D eigenvalue weighted by Gasteiger charge is 2.29. The number of benzene rings is 2. The van der Waals surface area contributed by atoms with Gasteiger partial charge in [0.1, 0.15) is 17.6 Å². The molecule has 1 amide bonds. The van der Waals surface area contributed by atoms with Crippen LogP contribution >= 0.6 is 15.9 Å². The summed E-state index contributed by atoms with van der Waals surface area (Å²) in [5, 5.41) is 14.5. The van der Waals surface area contributed by atoms with Gasteiger partial charge in [0.2, 0.25) is 0 Å². The van der Waals surface area contributed by atoms with Gasteiger partial charge < -0.3 is 19.9 Å². The van der Waals surface area contributed by atoms with Crippen LogP contribution in [0.5, 0.6) is 0 Å². The number of hydrogen-bond acceptors (Lipinski definition) is 8. The Morgan fingerprint density at radius 3 is 2.50 bits per heavy atom. The number of methoxy groups -OCH3 is 1. The van der Waals surface area contributed by atoms with E-state index in [-0.39, 0.29) is 40.0 Å². The number of fused-ring (bicyclic) bond motifs is 1. The van der Waals surface area contributed by atoms with E-state index in [0.29, 0.717) is 15.7 Å². The van der Waals surface area contributed by atoms with Crippen molar-refractivity contribution in [3.63, 3.8) is 0 Å². The van der Waals surface area contributed by atoms with E-state index < -0.39 is 22.6 Å². The number of pyridine rings is 1. The Balaban J connectivity index is 1.72. The zero-order valence-electron chi connectivity index (χ0n) is 20.6. The van der Waals surface area contributed by atoms with E-state index in [4.69, 9.17) is 4.74 Å². The predicted octanol–water partition coefficient (Wildman–Crippen LogP) is 4.57. The first kappa shape index (κ1) is 26.5. The number of nitrogens with one attached hydrogen (secondary N) is 2. The quantitative estimate of drug-likeness (QED) is 0.133. The van der Waals surface area contributed by atoms with Crippen LogP contribution in [0.1, 0.15) is 42.3 Å². The third-order valence-electron chi connectivity index (χ3n) is 5.81. The number of hydrogen-bond donors (Lipinski definition) is 2. The number of H-pyrrole nitrogens is 1. The number of ketones is 1. The van der Waals surface area contributed by atoms with Crippen LogP contribution in [0.4, 0.5) is 11.4 Å². The second-order valence-electron chi connectivity index (χ2n) is 8.47. The molecule has 0 aliphatic carbocycles. The number of nitrogens with zero attached hydrogens (tertiary/aromatic N) is 3. The van der Waals surface area contributed by atoms with E-state index in [0.717, 1.165) is 5.56 Å². The zero-order valence-corrected chi connectivity index (χ0v) is 22.2. The summed E-state index contributed by atoms with van der Waals surface area (Å²) in [5.41, 5.74) is 1.88. The van der Waals surface area contributed by atoms with Crippen molar-refractivity contribution < 1.29 is 24.0 Å². The SMILES string of the molecule is COC(=O)c1cc(Br)cc2[nH]c(C(=O)N(C)C)c(C(=O)c3ccc(CNc4ccncc4[N+](=O)[O-])cc3)c12. The number of nitro groups is 1. The third-order valence-corrected chi connectivity index (χ3v) is 6.27. The third kappa shape index (κ3) is 5.11. The number of aromatic nitrogens is 2. The summed E-state index contributed by atoms with van der Waals surface area (Å²) in [4.78, 5) is 58.2. The summed E-state index contributed by atoms with van der Waals surface area (Å²) < 4.78 is 5.50. The number of aromatic amines is 1. The number of amides is 1. The summed E-state index contributed by atoms with van der Waals surface area (Å²) in [6.07, 6.45) is 2.62. The average molecular weight is 580 g/mol. The molecule has 0 saturated carbocycles. The van der Waals surface area contributed by atoms with Crippen LogP contribution in [0.2, 0.25) is 0 Å². The first-order chi connectivity index (χ1) is 18.1. The van der Waals surface area contributed by atoms with Gasteiger partial charge in [-0.05, 0) is 23.8 Å². The molecule has 0 bridgehead atoms. The van der Waals surface area contributed by atoms with E-state index >= 15 is 0 Å². The van der Waals surface area contributed by atoms with Gasteiger partial charge in [-0.2, -0.15) is 0 Å². The molecule has 4 rings (SSSR count). The van der Waals surface area contributed by atoms with E-state index in [1.807, 2.05) is 0 Å². The molecule has 0 atom stereocenters. The molecule has 0 fully saturated rings. The minimum absolute atomic E-state index is 0.0500. The van der Waals surface area contributed by atoms with Gasteiger partial charge in [-0.25, -0.2) is 4.79 Å². The van der Waals surface area contributed by atoms with Gasteiger partial charge in [0.05, 0.1) is 23.2 Å². The normalized spacial score (nSPS) is 10.7. The number of carbonyl (C=O) groups is 3. The van der Waals surface area contributed by atoms with E-state index in [9.17, 15) is 24.5 Å². The Morgan fingerprint density at radius 2 is 1.87 bits per heavy atom. The molecule has 0 aliphatic heterocycles. The standard InChI is InChI=1S/C26H22BrN5O6/c1-31(2)25(34)23-22(21-17(26(35)38-3)10-16(27)11-19(21)30-23)24(33)15-6-4-14(5-7-15)12-29-18-8-9-28-13-20(18)32(36)37/h4-11,13,30H,12H2,1-3H3,(H,28,29). The van der Waals surface area contributed by atoms with Gasteiger partial charge in [-0.15, -0.1) is 0 Å². The van der Waals surface area contributed by atoms with Crippen LogP contribution in [-0.4, -0.2) is 58.7 Å². The molecular weight excluding hydrogens is 558 g/mol. The molecule has 12 heteroatoms. The Kier molecular flexibility index (Phi) is 7.53. The summed E-state index contributed by atoms with van der Waals surface area (Å²) in [7, 11) is 4.37. The monoisotopic (exact) mass is 579 g/mol. The molecular formula is C26H22BrN5O6. The largest absolute Gasteiger partial charge is 0.465 e. The molecule has 2 heterocycles. The van der Waals surface area contributed by atoms with Crippen molar-refractivity contribution in [2.45, 2.75) is 6.54 Å². The number of rotatable bonds is 8. The van der Waals surface area contributed by atoms with E-state index in [1.165, 1.54) is 36.5 Å². The minimum atomic E-state index is -0.653. The molecule has 2 N–H and O–H groups in total. The van der Waals surface area contributed by atoms with Crippen molar-refractivity contribution in [2.24, 2.45) is 0 Å². The molecule has 0 spiro atoms. The molecule has 0 saturated heterocycles. The lowest BCUT2D eigenvalue weighted by atomic mass is 9.96. The molecule has 2 aromatic heterocycles. The van der Waals surface area contributed by atoms with Crippen molar-refractivity contribution in [1.29, 1.82) is 0 Å². The molecule has 38 heavy (non-hydrogen) atoms. The fourth-order valence-electron chi connectivity index (χ4n) is 3.98. The Morgan fingerprint density at radius 1 is 1.16 bits per heavy atom. The highest BCUT2D eigenvalue weighted by Crippen LogP contribution is 2.32. The number of esters is 1. The van der Waals surface area contributed by atoms with Crippen molar-refractivity contribution in [3.8, 4) is 0 Å². The molecule has 0 unspecified atom stereocenters. The molecule has 194 valence electrons.